The maximum Gasteiger partial charge on any atom is 0.150 e. The number of carbonyl (C=O) groups is 1. The van der Waals surface area contributed by atoms with Crippen LogP contribution in [-0.2, 0) is 6.42 Å². The number of nitriles is 1. The lowest BCUT2D eigenvalue weighted by Crippen LogP contribution is -1.86. The van der Waals surface area contributed by atoms with Gasteiger partial charge in [-0.15, -0.1) is 0 Å². The van der Waals surface area contributed by atoms with Crippen molar-refractivity contribution in [2.45, 2.75) is 6.42 Å². The molecule has 2 aromatic carbocycles. The Morgan fingerprint density at radius 2 is 1.56 bits per heavy atom. The maximum atomic E-state index is 10.5. The van der Waals surface area contributed by atoms with Crippen molar-refractivity contribution >= 4 is 6.29 Å². The lowest BCUT2D eigenvalue weighted by atomic mass is 10.2. The quantitative estimate of drug-likeness (QED) is 0.766. The van der Waals surface area contributed by atoms with Gasteiger partial charge in [-0.1, -0.05) is 12.1 Å². The second-order valence-electron chi connectivity index (χ2n) is 3.77. The molecule has 88 valence electrons. The van der Waals surface area contributed by atoms with Gasteiger partial charge in [-0.25, -0.2) is 0 Å². The van der Waals surface area contributed by atoms with E-state index < -0.39 is 0 Å². The van der Waals surface area contributed by atoms with E-state index in [-0.39, 0.29) is 0 Å². The van der Waals surface area contributed by atoms with Crippen LogP contribution in [0, 0.1) is 11.3 Å². The molecular weight excluding hydrogens is 226 g/mol. The number of nitrogens with zero attached hydrogens (tertiary/aromatic N) is 1. The van der Waals surface area contributed by atoms with Crippen molar-refractivity contribution in [3.8, 4) is 17.6 Å². The Labute approximate surface area is 105 Å². The molecule has 0 aliphatic carbocycles. The third-order valence-corrected chi connectivity index (χ3v) is 2.46. The molecule has 0 fully saturated rings. The summed E-state index contributed by atoms with van der Waals surface area (Å²) in [5, 5.41) is 8.56. The molecule has 0 N–H and O–H groups in total. The monoisotopic (exact) mass is 237 g/mol. The van der Waals surface area contributed by atoms with E-state index >= 15 is 0 Å². The van der Waals surface area contributed by atoms with E-state index in [2.05, 4.69) is 6.07 Å². The summed E-state index contributed by atoms with van der Waals surface area (Å²) in [6.45, 7) is 0. The van der Waals surface area contributed by atoms with Gasteiger partial charge in [-0.2, -0.15) is 5.26 Å². The third-order valence-electron chi connectivity index (χ3n) is 2.46. The summed E-state index contributed by atoms with van der Waals surface area (Å²) in [4.78, 5) is 10.5. The summed E-state index contributed by atoms with van der Waals surface area (Å²) in [6, 6.07) is 16.3. The highest BCUT2D eigenvalue weighted by atomic mass is 16.5. The zero-order valence-corrected chi connectivity index (χ0v) is 9.67. The van der Waals surface area contributed by atoms with Gasteiger partial charge in [0.05, 0.1) is 12.5 Å². The molecule has 0 aromatic heterocycles. The fourth-order valence-corrected chi connectivity index (χ4v) is 1.52. The Morgan fingerprint density at radius 1 is 1.00 bits per heavy atom. The van der Waals surface area contributed by atoms with Crippen LogP contribution in [0.4, 0.5) is 0 Å². The van der Waals surface area contributed by atoms with Crippen LogP contribution < -0.4 is 4.74 Å². The molecule has 0 amide bonds. The molecule has 2 rings (SSSR count). The number of ether oxygens (including phenoxy) is 1. The van der Waals surface area contributed by atoms with Crippen molar-refractivity contribution in [2.75, 3.05) is 0 Å². The molecule has 0 aliphatic heterocycles. The molecule has 0 saturated carbocycles. The molecule has 3 heteroatoms. The van der Waals surface area contributed by atoms with Crippen LogP contribution in [0.3, 0.4) is 0 Å². The number of carbonyl (C=O) groups excluding carboxylic acids is 1. The molecule has 3 nitrogen and oxygen atoms in total. The molecular formula is C15H11NO2. The van der Waals surface area contributed by atoms with Crippen LogP contribution in [0.1, 0.15) is 15.9 Å². The predicted octanol–water partition coefficient (Wildman–Crippen LogP) is 3.36. The highest BCUT2D eigenvalue weighted by Gasteiger charge is 1.98. The predicted molar refractivity (Wildman–Crippen MR) is 67.7 cm³/mol. The van der Waals surface area contributed by atoms with Crippen LogP contribution in [0.15, 0.2) is 48.5 Å². The van der Waals surface area contributed by atoms with Gasteiger partial charge >= 0.3 is 0 Å². The molecule has 18 heavy (non-hydrogen) atoms. The third kappa shape index (κ3) is 2.96. The van der Waals surface area contributed by atoms with Crippen LogP contribution >= 0.6 is 0 Å². The smallest absolute Gasteiger partial charge is 0.150 e. The SMILES string of the molecule is N#CCc1ccc(Oc2ccc(C=O)cc2)cc1. The van der Waals surface area contributed by atoms with Crippen molar-refractivity contribution in [3.05, 3.63) is 59.7 Å². The second-order valence-corrected chi connectivity index (χ2v) is 3.77. The molecule has 0 radical (unpaired) electrons. The van der Waals surface area contributed by atoms with Crippen molar-refractivity contribution < 1.29 is 9.53 Å². The Bertz CT molecular complexity index is 565. The van der Waals surface area contributed by atoms with Crippen molar-refractivity contribution in [3.63, 3.8) is 0 Å². The molecule has 0 atom stereocenters. The fraction of sp³-hybridized carbons (Fsp3) is 0.0667. The summed E-state index contributed by atoms with van der Waals surface area (Å²) >= 11 is 0. The normalized spacial score (nSPS) is 9.50. The summed E-state index contributed by atoms with van der Waals surface area (Å²) in [6.07, 6.45) is 1.19. The average Bonchev–Trinajstić information content (AvgIpc) is 2.42. The molecule has 2 aromatic rings. The maximum absolute atomic E-state index is 10.5. The Hall–Kier alpha value is -2.60. The van der Waals surface area contributed by atoms with E-state index in [1.807, 2.05) is 24.3 Å². The van der Waals surface area contributed by atoms with Gasteiger partial charge in [0.1, 0.15) is 17.8 Å². The minimum absolute atomic E-state index is 0.397. The summed E-state index contributed by atoms with van der Waals surface area (Å²) < 4.78 is 5.61. The zero-order valence-electron chi connectivity index (χ0n) is 9.67. The Balaban J connectivity index is 2.08. The van der Waals surface area contributed by atoms with E-state index in [4.69, 9.17) is 10.00 Å². The first-order valence-electron chi connectivity index (χ1n) is 5.51. The van der Waals surface area contributed by atoms with Gasteiger partial charge in [0.25, 0.3) is 0 Å². The summed E-state index contributed by atoms with van der Waals surface area (Å²) in [5.41, 5.74) is 1.58. The number of benzene rings is 2. The van der Waals surface area contributed by atoms with Gasteiger partial charge < -0.3 is 4.74 Å². The van der Waals surface area contributed by atoms with Gasteiger partial charge in [0.15, 0.2) is 0 Å². The number of aldehydes is 1. The van der Waals surface area contributed by atoms with E-state index in [0.29, 0.717) is 23.5 Å². The standard InChI is InChI=1S/C15H11NO2/c16-10-9-12-1-5-14(6-2-12)18-15-7-3-13(11-17)4-8-15/h1-8,11H,9H2. The summed E-state index contributed by atoms with van der Waals surface area (Å²) in [5.74, 6) is 1.38. The van der Waals surface area contributed by atoms with Crippen LogP contribution in [0.5, 0.6) is 11.5 Å². The fourth-order valence-electron chi connectivity index (χ4n) is 1.52. The van der Waals surface area contributed by atoms with Crippen molar-refractivity contribution in [2.24, 2.45) is 0 Å². The molecule has 0 spiro atoms. The van der Waals surface area contributed by atoms with Gasteiger partial charge in [-0.3, -0.25) is 4.79 Å². The molecule has 0 heterocycles. The Morgan fingerprint density at radius 3 is 2.06 bits per heavy atom. The van der Waals surface area contributed by atoms with Crippen molar-refractivity contribution in [1.82, 2.24) is 0 Å². The van der Waals surface area contributed by atoms with Gasteiger partial charge in [0, 0.05) is 5.56 Å². The molecule has 0 bridgehead atoms. The average molecular weight is 237 g/mol. The first-order chi connectivity index (χ1) is 8.81. The largest absolute Gasteiger partial charge is 0.457 e. The lowest BCUT2D eigenvalue weighted by Gasteiger charge is -2.06. The highest BCUT2D eigenvalue weighted by Crippen LogP contribution is 2.21. The van der Waals surface area contributed by atoms with Crippen molar-refractivity contribution in [1.29, 1.82) is 5.26 Å². The topological polar surface area (TPSA) is 50.1 Å². The highest BCUT2D eigenvalue weighted by molar-refractivity contribution is 5.74. The van der Waals surface area contributed by atoms with E-state index in [9.17, 15) is 4.79 Å². The zero-order chi connectivity index (χ0) is 12.8. The first-order valence-corrected chi connectivity index (χ1v) is 5.51. The van der Waals surface area contributed by atoms with Crippen LogP contribution in [-0.4, -0.2) is 6.29 Å². The number of hydrogen-bond donors (Lipinski definition) is 0. The Kier molecular flexibility index (Phi) is 3.72. The second kappa shape index (κ2) is 5.65. The van der Waals surface area contributed by atoms with Crippen LogP contribution in [0.2, 0.25) is 0 Å². The first kappa shape index (κ1) is 11.9. The van der Waals surface area contributed by atoms with Crippen LogP contribution in [0.25, 0.3) is 0 Å². The summed E-state index contributed by atoms with van der Waals surface area (Å²) in [7, 11) is 0. The van der Waals surface area contributed by atoms with E-state index in [0.717, 1.165) is 11.8 Å². The van der Waals surface area contributed by atoms with E-state index in [1.165, 1.54) is 0 Å². The minimum Gasteiger partial charge on any atom is -0.457 e. The lowest BCUT2D eigenvalue weighted by molar-refractivity contribution is 0.112. The minimum atomic E-state index is 0.397. The molecule has 0 saturated heterocycles. The van der Waals surface area contributed by atoms with Gasteiger partial charge in [-0.05, 0) is 42.0 Å². The van der Waals surface area contributed by atoms with Gasteiger partial charge in [0.2, 0.25) is 0 Å². The van der Waals surface area contributed by atoms with E-state index in [1.54, 1.807) is 24.3 Å². The number of hydrogen-bond acceptors (Lipinski definition) is 3. The molecule has 0 unspecified atom stereocenters. The number of rotatable bonds is 4. The molecule has 0 aliphatic rings.